The van der Waals surface area contributed by atoms with Crippen LogP contribution in [0, 0.1) is 11.8 Å². The molecule has 0 aromatic heterocycles. The van der Waals surface area contributed by atoms with Crippen LogP contribution in [0.2, 0.25) is 0 Å². The fourth-order valence-corrected chi connectivity index (χ4v) is 5.05. The van der Waals surface area contributed by atoms with E-state index in [4.69, 9.17) is 0 Å². The van der Waals surface area contributed by atoms with E-state index in [0.717, 1.165) is 18.9 Å². The highest BCUT2D eigenvalue weighted by Gasteiger charge is 2.47. The fourth-order valence-electron chi connectivity index (χ4n) is 5.05. The molecule has 2 bridgehead atoms. The summed E-state index contributed by atoms with van der Waals surface area (Å²) in [7, 11) is 0. The maximum atomic E-state index is 9.86. The van der Waals surface area contributed by atoms with Gasteiger partial charge in [0, 0.05) is 5.54 Å². The van der Waals surface area contributed by atoms with Crippen LogP contribution in [0.4, 0.5) is 0 Å². The minimum absolute atomic E-state index is 0.00988. The standard InChI is InChI=1S/C24H45NO/c1-2-3-4-5-6-7-8-9-10-11-12-13-14-15-18-25-24(21-26)20-22-16-17-23(24)19-22/h16-17,22-23,25-26H,2-15,18-21H2,1H3/t22-,23+,24-/m0/s1. The molecule has 3 atom stereocenters. The number of nitrogens with one attached hydrogen (secondary N) is 1. The van der Waals surface area contributed by atoms with E-state index in [2.05, 4.69) is 24.4 Å². The van der Waals surface area contributed by atoms with Crippen molar-refractivity contribution in [1.82, 2.24) is 5.32 Å². The van der Waals surface area contributed by atoms with E-state index >= 15 is 0 Å². The van der Waals surface area contributed by atoms with Crippen molar-refractivity contribution in [3.05, 3.63) is 12.2 Å². The normalized spacial score (nSPS) is 26.8. The molecule has 2 N–H and O–H groups in total. The first-order valence-electron chi connectivity index (χ1n) is 11.8. The lowest BCUT2D eigenvalue weighted by atomic mass is 9.85. The molecule has 2 nitrogen and oxygen atoms in total. The monoisotopic (exact) mass is 363 g/mol. The highest BCUT2D eigenvalue weighted by molar-refractivity contribution is 5.19. The summed E-state index contributed by atoms with van der Waals surface area (Å²) in [4.78, 5) is 0. The Morgan fingerprint density at radius 3 is 1.77 bits per heavy atom. The van der Waals surface area contributed by atoms with E-state index < -0.39 is 0 Å². The molecular formula is C24H45NO. The summed E-state index contributed by atoms with van der Waals surface area (Å²) < 4.78 is 0. The number of allylic oxidation sites excluding steroid dienone is 1. The molecule has 2 heteroatoms. The van der Waals surface area contributed by atoms with Crippen molar-refractivity contribution in [3.63, 3.8) is 0 Å². The van der Waals surface area contributed by atoms with Gasteiger partial charge in [-0.2, -0.15) is 0 Å². The largest absolute Gasteiger partial charge is 0.394 e. The van der Waals surface area contributed by atoms with Crippen LogP contribution in [0.15, 0.2) is 12.2 Å². The molecule has 0 heterocycles. The second-order valence-corrected chi connectivity index (χ2v) is 9.03. The van der Waals surface area contributed by atoms with Gasteiger partial charge in [0.2, 0.25) is 0 Å². The first-order chi connectivity index (χ1) is 12.8. The molecule has 2 rings (SSSR count). The molecule has 0 saturated heterocycles. The number of aliphatic hydroxyl groups excluding tert-OH is 1. The van der Waals surface area contributed by atoms with Crippen molar-refractivity contribution in [2.24, 2.45) is 11.8 Å². The van der Waals surface area contributed by atoms with Crippen LogP contribution < -0.4 is 5.32 Å². The Balaban J connectivity index is 1.33. The first kappa shape index (κ1) is 22.0. The highest BCUT2D eigenvalue weighted by atomic mass is 16.3. The molecule has 152 valence electrons. The molecule has 1 saturated carbocycles. The van der Waals surface area contributed by atoms with Gasteiger partial charge in [0.1, 0.15) is 0 Å². The van der Waals surface area contributed by atoms with Crippen molar-refractivity contribution in [1.29, 1.82) is 0 Å². The average molecular weight is 364 g/mol. The van der Waals surface area contributed by atoms with Crippen molar-refractivity contribution in [2.75, 3.05) is 13.2 Å². The van der Waals surface area contributed by atoms with Gasteiger partial charge in [-0.05, 0) is 37.6 Å². The third-order valence-corrected chi connectivity index (χ3v) is 6.80. The number of hydrogen-bond donors (Lipinski definition) is 2. The fraction of sp³-hybridized carbons (Fsp3) is 0.917. The topological polar surface area (TPSA) is 32.3 Å². The Bertz CT molecular complexity index is 380. The molecule has 0 aliphatic heterocycles. The lowest BCUT2D eigenvalue weighted by Crippen LogP contribution is -2.52. The van der Waals surface area contributed by atoms with Crippen LogP contribution in [-0.2, 0) is 0 Å². The van der Waals surface area contributed by atoms with Crippen LogP contribution >= 0.6 is 0 Å². The lowest BCUT2D eigenvalue weighted by Gasteiger charge is -2.35. The van der Waals surface area contributed by atoms with Gasteiger partial charge in [-0.1, -0.05) is 103 Å². The van der Waals surface area contributed by atoms with Gasteiger partial charge >= 0.3 is 0 Å². The zero-order valence-corrected chi connectivity index (χ0v) is 17.5. The Morgan fingerprint density at radius 1 is 0.808 bits per heavy atom. The van der Waals surface area contributed by atoms with Crippen LogP contribution in [0.5, 0.6) is 0 Å². The predicted molar refractivity (Wildman–Crippen MR) is 113 cm³/mol. The third kappa shape index (κ3) is 7.35. The summed E-state index contributed by atoms with van der Waals surface area (Å²) in [5.74, 6) is 1.29. The second-order valence-electron chi connectivity index (χ2n) is 9.03. The van der Waals surface area contributed by atoms with Gasteiger partial charge in [-0.15, -0.1) is 0 Å². The summed E-state index contributed by atoms with van der Waals surface area (Å²) in [6, 6.07) is 0. The van der Waals surface area contributed by atoms with E-state index in [1.165, 1.54) is 96.3 Å². The summed E-state index contributed by atoms with van der Waals surface area (Å²) in [5, 5.41) is 13.6. The Kier molecular flexibility index (Phi) is 10.9. The zero-order chi connectivity index (χ0) is 18.5. The number of hydrogen-bond acceptors (Lipinski definition) is 2. The molecule has 0 aromatic rings. The van der Waals surface area contributed by atoms with E-state index in [0.29, 0.717) is 12.5 Å². The quantitative estimate of drug-likeness (QED) is 0.232. The van der Waals surface area contributed by atoms with Gasteiger partial charge in [0.25, 0.3) is 0 Å². The van der Waals surface area contributed by atoms with Crippen LogP contribution in [-0.4, -0.2) is 23.8 Å². The molecule has 2 aliphatic rings. The van der Waals surface area contributed by atoms with Crippen molar-refractivity contribution in [2.45, 2.75) is 115 Å². The van der Waals surface area contributed by atoms with Crippen LogP contribution in [0.3, 0.4) is 0 Å². The minimum atomic E-state index is 0.00988. The maximum absolute atomic E-state index is 9.86. The SMILES string of the molecule is CCCCCCCCCCCCCCCCN[C@]1(CO)C[C@H]2C=C[C@@H]1C2. The number of rotatable bonds is 17. The summed E-state index contributed by atoms with van der Waals surface area (Å²) in [6.45, 7) is 3.67. The molecule has 0 radical (unpaired) electrons. The third-order valence-electron chi connectivity index (χ3n) is 6.80. The van der Waals surface area contributed by atoms with Crippen LogP contribution in [0.1, 0.15) is 110 Å². The zero-order valence-electron chi connectivity index (χ0n) is 17.5. The number of aliphatic hydroxyl groups is 1. The van der Waals surface area contributed by atoms with Gasteiger partial charge < -0.3 is 10.4 Å². The lowest BCUT2D eigenvalue weighted by molar-refractivity contribution is 0.136. The molecule has 0 aromatic carbocycles. The summed E-state index contributed by atoms with van der Waals surface area (Å²) in [5.41, 5.74) is 0.00988. The van der Waals surface area contributed by atoms with Gasteiger partial charge in [-0.3, -0.25) is 0 Å². The smallest absolute Gasteiger partial charge is 0.0619 e. The Morgan fingerprint density at radius 2 is 1.35 bits per heavy atom. The number of unbranched alkanes of at least 4 members (excludes halogenated alkanes) is 13. The summed E-state index contributed by atoms with van der Waals surface area (Å²) >= 11 is 0. The molecule has 2 aliphatic carbocycles. The maximum Gasteiger partial charge on any atom is 0.0619 e. The van der Waals surface area contributed by atoms with Gasteiger partial charge in [0.05, 0.1) is 6.61 Å². The molecular weight excluding hydrogens is 318 g/mol. The van der Waals surface area contributed by atoms with Crippen LogP contribution in [0.25, 0.3) is 0 Å². The molecule has 0 spiro atoms. The minimum Gasteiger partial charge on any atom is -0.394 e. The number of fused-ring (bicyclic) bond motifs is 2. The van der Waals surface area contributed by atoms with Gasteiger partial charge in [-0.25, -0.2) is 0 Å². The van der Waals surface area contributed by atoms with Crippen molar-refractivity contribution >= 4 is 0 Å². The molecule has 0 unspecified atom stereocenters. The van der Waals surface area contributed by atoms with E-state index in [1.54, 1.807) is 0 Å². The molecule has 26 heavy (non-hydrogen) atoms. The van der Waals surface area contributed by atoms with E-state index in [-0.39, 0.29) is 5.54 Å². The van der Waals surface area contributed by atoms with Crippen molar-refractivity contribution < 1.29 is 5.11 Å². The first-order valence-corrected chi connectivity index (χ1v) is 11.8. The summed E-state index contributed by atoms with van der Waals surface area (Å²) in [6.07, 6.45) is 26.9. The second kappa shape index (κ2) is 12.9. The Labute approximate surface area is 163 Å². The highest BCUT2D eigenvalue weighted by Crippen LogP contribution is 2.45. The van der Waals surface area contributed by atoms with E-state index in [9.17, 15) is 5.11 Å². The van der Waals surface area contributed by atoms with Gasteiger partial charge in [0.15, 0.2) is 0 Å². The average Bonchev–Trinajstić information content (AvgIpc) is 3.26. The molecule has 1 fully saturated rings. The predicted octanol–water partition coefficient (Wildman–Crippen LogP) is 6.38. The Hall–Kier alpha value is -0.340. The molecule has 0 amide bonds. The van der Waals surface area contributed by atoms with E-state index in [1.807, 2.05) is 0 Å². The van der Waals surface area contributed by atoms with Crippen molar-refractivity contribution in [3.8, 4) is 0 Å².